The summed E-state index contributed by atoms with van der Waals surface area (Å²) in [7, 11) is 0. The summed E-state index contributed by atoms with van der Waals surface area (Å²) in [6.07, 6.45) is 7.88. The first-order chi connectivity index (χ1) is 8.74. The van der Waals surface area contributed by atoms with E-state index in [1.54, 1.807) is 0 Å². The SMILES string of the molecule is CC1CCNC(=O)C(CCO)N1C1CCCCC1. The van der Waals surface area contributed by atoms with E-state index in [1.807, 2.05) is 0 Å². The van der Waals surface area contributed by atoms with Crippen LogP contribution in [0.3, 0.4) is 0 Å². The minimum atomic E-state index is -0.129. The predicted molar refractivity (Wildman–Crippen MR) is 71.3 cm³/mol. The van der Waals surface area contributed by atoms with Crippen molar-refractivity contribution in [2.75, 3.05) is 13.2 Å². The molecule has 1 aliphatic heterocycles. The number of carbonyl (C=O) groups is 1. The number of hydrogen-bond acceptors (Lipinski definition) is 3. The number of nitrogens with zero attached hydrogens (tertiary/aromatic N) is 1. The van der Waals surface area contributed by atoms with Crippen LogP contribution >= 0.6 is 0 Å². The van der Waals surface area contributed by atoms with E-state index in [0.717, 1.165) is 13.0 Å². The summed E-state index contributed by atoms with van der Waals surface area (Å²) in [4.78, 5) is 14.5. The van der Waals surface area contributed by atoms with Crippen molar-refractivity contribution in [3.8, 4) is 0 Å². The van der Waals surface area contributed by atoms with Gasteiger partial charge in [0.2, 0.25) is 5.91 Å². The Morgan fingerprint density at radius 2 is 2.00 bits per heavy atom. The van der Waals surface area contributed by atoms with Gasteiger partial charge in [-0.25, -0.2) is 0 Å². The van der Waals surface area contributed by atoms with Crippen LogP contribution < -0.4 is 5.32 Å². The molecule has 4 nitrogen and oxygen atoms in total. The molecule has 0 radical (unpaired) electrons. The second kappa shape index (κ2) is 6.53. The lowest BCUT2D eigenvalue weighted by molar-refractivity contribution is -0.128. The molecular weight excluding hydrogens is 228 g/mol. The third-order valence-electron chi connectivity index (χ3n) is 4.43. The fourth-order valence-corrected chi connectivity index (χ4v) is 3.51. The third-order valence-corrected chi connectivity index (χ3v) is 4.43. The molecular formula is C14H26N2O2. The molecule has 2 N–H and O–H groups in total. The number of hydrogen-bond donors (Lipinski definition) is 2. The Morgan fingerprint density at radius 3 is 2.67 bits per heavy atom. The lowest BCUT2D eigenvalue weighted by Gasteiger charge is -2.41. The van der Waals surface area contributed by atoms with Gasteiger partial charge in [0.25, 0.3) is 0 Å². The van der Waals surface area contributed by atoms with Gasteiger partial charge in [0.05, 0.1) is 6.04 Å². The Labute approximate surface area is 110 Å². The van der Waals surface area contributed by atoms with Crippen molar-refractivity contribution >= 4 is 5.91 Å². The van der Waals surface area contributed by atoms with Crippen LogP contribution in [0.25, 0.3) is 0 Å². The lowest BCUT2D eigenvalue weighted by Crippen LogP contribution is -2.52. The maximum Gasteiger partial charge on any atom is 0.237 e. The number of amides is 1. The molecule has 2 rings (SSSR count). The van der Waals surface area contributed by atoms with Crippen molar-refractivity contribution in [3.05, 3.63) is 0 Å². The van der Waals surface area contributed by atoms with Crippen LogP contribution in [0, 0.1) is 0 Å². The largest absolute Gasteiger partial charge is 0.396 e. The first-order valence-corrected chi connectivity index (χ1v) is 7.40. The molecule has 1 amide bonds. The topological polar surface area (TPSA) is 52.6 Å². The van der Waals surface area contributed by atoms with Gasteiger partial charge in [0.15, 0.2) is 0 Å². The van der Waals surface area contributed by atoms with Crippen molar-refractivity contribution in [2.45, 2.75) is 70.0 Å². The second-order valence-corrected chi connectivity index (χ2v) is 5.70. The summed E-state index contributed by atoms with van der Waals surface area (Å²) in [5.74, 6) is 0.110. The van der Waals surface area contributed by atoms with E-state index in [1.165, 1.54) is 32.1 Å². The monoisotopic (exact) mass is 254 g/mol. The molecule has 0 spiro atoms. The number of aliphatic hydroxyl groups excluding tert-OH is 1. The zero-order valence-electron chi connectivity index (χ0n) is 11.4. The summed E-state index contributed by atoms with van der Waals surface area (Å²) in [6.45, 7) is 3.08. The van der Waals surface area contributed by atoms with Crippen molar-refractivity contribution in [1.29, 1.82) is 0 Å². The minimum absolute atomic E-state index is 0.0913. The molecule has 1 aliphatic carbocycles. The number of carbonyl (C=O) groups excluding carboxylic acids is 1. The summed E-state index contributed by atoms with van der Waals surface area (Å²) in [5, 5.41) is 12.2. The van der Waals surface area contributed by atoms with Gasteiger partial charge in [-0.2, -0.15) is 0 Å². The quantitative estimate of drug-likeness (QED) is 0.798. The summed E-state index contributed by atoms with van der Waals surface area (Å²) in [5.41, 5.74) is 0. The van der Waals surface area contributed by atoms with E-state index in [-0.39, 0.29) is 18.6 Å². The van der Waals surface area contributed by atoms with Crippen LogP contribution in [0.5, 0.6) is 0 Å². The van der Waals surface area contributed by atoms with Gasteiger partial charge in [0, 0.05) is 25.2 Å². The minimum Gasteiger partial charge on any atom is -0.396 e. The molecule has 18 heavy (non-hydrogen) atoms. The van der Waals surface area contributed by atoms with E-state index in [0.29, 0.717) is 18.5 Å². The molecule has 2 fully saturated rings. The van der Waals surface area contributed by atoms with E-state index < -0.39 is 0 Å². The van der Waals surface area contributed by atoms with Gasteiger partial charge < -0.3 is 10.4 Å². The Hall–Kier alpha value is -0.610. The molecule has 1 saturated carbocycles. The highest BCUT2D eigenvalue weighted by atomic mass is 16.3. The van der Waals surface area contributed by atoms with Crippen LogP contribution in [0.15, 0.2) is 0 Å². The zero-order chi connectivity index (χ0) is 13.0. The van der Waals surface area contributed by atoms with Crippen molar-refractivity contribution in [2.24, 2.45) is 0 Å². The van der Waals surface area contributed by atoms with E-state index >= 15 is 0 Å². The Balaban J connectivity index is 2.14. The fourth-order valence-electron chi connectivity index (χ4n) is 3.51. The average Bonchev–Trinajstić information content (AvgIpc) is 2.51. The highest BCUT2D eigenvalue weighted by Gasteiger charge is 2.36. The van der Waals surface area contributed by atoms with E-state index in [2.05, 4.69) is 17.1 Å². The summed E-state index contributed by atoms with van der Waals surface area (Å²) < 4.78 is 0. The van der Waals surface area contributed by atoms with Crippen LogP contribution in [0.1, 0.15) is 51.9 Å². The summed E-state index contributed by atoms with van der Waals surface area (Å²) in [6, 6.07) is 0.841. The second-order valence-electron chi connectivity index (χ2n) is 5.70. The lowest BCUT2D eigenvalue weighted by atomic mass is 9.91. The van der Waals surface area contributed by atoms with Crippen molar-refractivity contribution < 1.29 is 9.90 Å². The molecule has 0 bridgehead atoms. The van der Waals surface area contributed by atoms with Gasteiger partial charge in [-0.15, -0.1) is 0 Å². The molecule has 2 atom stereocenters. The molecule has 104 valence electrons. The Kier molecular flexibility index (Phi) is 5.01. The fraction of sp³-hybridized carbons (Fsp3) is 0.929. The number of aliphatic hydroxyl groups is 1. The maximum absolute atomic E-state index is 12.1. The zero-order valence-corrected chi connectivity index (χ0v) is 11.4. The Bertz CT molecular complexity index is 277. The van der Waals surface area contributed by atoms with Gasteiger partial charge in [0.1, 0.15) is 0 Å². The molecule has 2 aliphatic rings. The highest BCUT2D eigenvalue weighted by Crippen LogP contribution is 2.28. The smallest absolute Gasteiger partial charge is 0.237 e. The average molecular weight is 254 g/mol. The van der Waals surface area contributed by atoms with Crippen LogP contribution in [0.4, 0.5) is 0 Å². The van der Waals surface area contributed by atoms with Crippen LogP contribution in [-0.2, 0) is 4.79 Å². The number of rotatable bonds is 3. The van der Waals surface area contributed by atoms with Gasteiger partial charge >= 0.3 is 0 Å². The normalized spacial score (nSPS) is 32.0. The van der Waals surface area contributed by atoms with Gasteiger partial charge in [-0.3, -0.25) is 9.69 Å². The van der Waals surface area contributed by atoms with Crippen LogP contribution in [0.2, 0.25) is 0 Å². The van der Waals surface area contributed by atoms with Gasteiger partial charge in [-0.05, 0) is 32.6 Å². The number of nitrogens with one attached hydrogen (secondary N) is 1. The highest BCUT2D eigenvalue weighted by molar-refractivity contribution is 5.82. The molecule has 0 aromatic heterocycles. The third kappa shape index (κ3) is 3.04. The van der Waals surface area contributed by atoms with Crippen LogP contribution in [-0.4, -0.2) is 47.2 Å². The van der Waals surface area contributed by atoms with Crippen molar-refractivity contribution in [3.63, 3.8) is 0 Å². The molecule has 2 unspecified atom stereocenters. The molecule has 0 aromatic rings. The molecule has 0 aromatic carbocycles. The first-order valence-electron chi connectivity index (χ1n) is 7.40. The van der Waals surface area contributed by atoms with Crippen molar-refractivity contribution in [1.82, 2.24) is 10.2 Å². The Morgan fingerprint density at radius 1 is 1.28 bits per heavy atom. The van der Waals surface area contributed by atoms with E-state index in [4.69, 9.17) is 0 Å². The van der Waals surface area contributed by atoms with E-state index in [9.17, 15) is 9.90 Å². The molecule has 1 heterocycles. The summed E-state index contributed by atoms with van der Waals surface area (Å²) >= 11 is 0. The standard InChI is InChI=1S/C14H26N2O2/c1-11-7-9-15-14(18)13(8-10-17)16(11)12-5-3-2-4-6-12/h11-13,17H,2-10H2,1H3,(H,15,18). The first kappa shape index (κ1) is 13.8. The predicted octanol–water partition coefficient (Wildman–Crippen LogP) is 1.28. The molecule has 1 saturated heterocycles. The molecule has 4 heteroatoms. The maximum atomic E-state index is 12.1. The van der Waals surface area contributed by atoms with Gasteiger partial charge in [-0.1, -0.05) is 19.3 Å².